The van der Waals surface area contributed by atoms with Gasteiger partial charge in [0.05, 0.1) is 0 Å². The number of para-hydroxylation sites is 1. The van der Waals surface area contributed by atoms with Crippen LogP contribution in [0.3, 0.4) is 0 Å². The van der Waals surface area contributed by atoms with Gasteiger partial charge in [0.25, 0.3) is 0 Å². The van der Waals surface area contributed by atoms with Crippen molar-refractivity contribution in [3.05, 3.63) is 235 Å². The van der Waals surface area contributed by atoms with E-state index >= 15 is 0 Å². The fraction of sp³-hybridized carbons (Fsp3) is 0.432. The van der Waals surface area contributed by atoms with E-state index in [2.05, 4.69) is 122 Å². The lowest BCUT2D eigenvalue weighted by atomic mass is 10.1. The van der Waals surface area contributed by atoms with Crippen LogP contribution in [0, 0.1) is 32.4 Å². The number of halogens is 2. The molecule has 0 spiro atoms. The molecule has 0 aliphatic carbocycles. The highest BCUT2D eigenvalue weighted by atomic mass is 19.1. The molecule has 0 N–H and O–H groups in total. The molecule has 0 fully saturated rings. The van der Waals surface area contributed by atoms with Crippen LogP contribution in [0.1, 0.15) is 214 Å². The lowest BCUT2D eigenvalue weighted by molar-refractivity contribution is 0.129. The van der Waals surface area contributed by atoms with Crippen LogP contribution in [0.15, 0.2) is 206 Å². The summed E-state index contributed by atoms with van der Waals surface area (Å²) in [7, 11) is 0. The Morgan fingerprint density at radius 3 is 0.959 bits per heavy atom. The second-order valence-electron chi connectivity index (χ2n) is 28.8. The predicted molar refractivity (Wildman–Crippen MR) is 424 cm³/mol. The van der Waals surface area contributed by atoms with Crippen LogP contribution in [0.4, 0.5) is 8.78 Å². The molecule has 9 rings (SSSR count). The third kappa shape index (κ3) is 45.9. The smallest absolute Gasteiger partial charge is 0.127 e. The first-order chi connectivity index (χ1) is 41.5. The van der Waals surface area contributed by atoms with Crippen molar-refractivity contribution < 1.29 is 41.9 Å². The highest BCUT2D eigenvalue weighted by Crippen LogP contribution is 2.29. The van der Waals surface area contributed by atoms with Crippen LogP contribution in [-0.2, 0) is 0 Å². The van der Waals surface area contributed by atoms with Gasteiger partial charge in [-0.2, -0.15) is 0 Å². The van der Waals surface area contributed by atoms with Crippen molar-refractivity contribution in [3.63, 3.8) is 0 Å². The maximum absolute atomic E-state index is 12.8. The molecular weight excluding hydrogens is 1210 g/mol. The zero-order valence-electron chi connectivity index (χ0n) is 58.7. The second kappa shape index (κ2) is 44.0. The van der Waals surface area contributed by atoms with Crippen molar-refractivity contribution >= 4 is 21.5 Å². The summed E-state index contributed by atoms with van der Waals surface area (Å²) < 4.78 is 65.2. The summed E-state index contributed by atoms with van der Waals surface area (Å²) in [4.78, 5) is 0. The summed E-state index contributed by atoms with van der Waals surface area (Å²) in [5.74, 6) is 5.36. The van der Waals surface area contributed by atoms with Gasteiger partial charge >= 0.3 is 0 Å². The first kappa shape index (κ1) is 97.6. The molecule has 7 nitrogen and oxygen atoms in total. The summed E-state index contributed by atoms with van der Waals surface area (Å²) in [5.41, 5.74) is 2.34. The minimum Gasteiger partial charge on any atom is -0.488 e. The molecule has 542 valence electrons. The van der Waals surface area contributed by atoms with Crippen molar-refractivity contribution in [3.8, 4) is 40.2 Å². The highest BCUT2D eigenvalue weighted by molar-refractivity contribution is 5.88. The summed E-state index contributed by atoms with van der Waals surface area (Å²) in [5, 5.41) is 4.87. The molecule has 0 aliphatic heterocycles. The van der Waals surface area contributed by atoms with Crippen molar-refractivity contribution in [2.75, 3.05) is 0 Å². The van der Waals surface area contributed by atoms with Gasteiger partial charge in [-0.25, -0.2) is 8.78 Å². The molecule has 0 aliphatic rings. The standard InChI is InChI=1S/2C14H16O.C11H15FO.2C11H16O.C10H13FO.C10H14O.7CH4/c1-14(2,3)15-13-10-6-8-11-7-4-5-9-12(11)13;1-14(2,3)15-13-9-8-11-6-4-5-7-12(11)10-13;1-8-5-6-9(12)7-10(8)13-11(2,3)4;2*1-9-5-7-10(8-6-9)12-11(2,3)4;1-10(2,3)12-9-6-4-5-8(11)7-9;1-10(2,3)11-9-7-5-4-6-8-9;;;;;;;/h2*4-10H,1-3H3;5-7H,1-4H3;2*5-8H,1-4H3;4-7H,1-3H3;4-8H,1-3H3;7*1H4. The molecular formula is C88H134F2O7. The quantitative estimate of drug-likeness (QED) is 0.158. The van der Waals surface area contributed by atoms with Gasteiger partial charge in [0.15, 0.2) is 0 Å². The maximum atomic E-state index is 12.8. The molecule has 0 aromatic heterocycles. The zero-order chi connectivity index (χ0) is 67.7. The maximum Gasteiger partial charge on any atom is 0.127 e. The average Bonchev–Trinajstić information content (AvgIpc) is 0.937. The Morgan fingerprint density at radius 2 is 0.536 bits per heavy atom. The van der Waals surface area contributed by atoms with E-state index in [0.717, 1.165) is 34.3 Å². The van der Waals surface area contributed by atoms with Crippen LogP contribution in [0.5, 0.6) is 40.2 Å². The van der Waals surface area contributed by atoms with Gasteiger partial charge < -0.3 is 33.2 Å². The third-order valence-corrected chi connectivity index (χ3v) is 11.2. The van der Waals surface area contributed by atoms with Gasteiger partial charge in [-0.1, -0.05) is 184 Å². The number of benzene rings is 9. The lowest BCUT2D eigenvalue weighted by Gasteiger charge is -2.22. The van der Waals surface area contributed by atoms with Crippen LogP contribution in [0.25, 0.3) is 21.5 Å². The number of hydrogen-bond acceptors (Lipinski definition) is 7. The molecule has 9 aromatic rings. The van der Waals surface area contributed by atoms with Crippen molar-refractivity contribution in [2.45, 2.75) is 257 Å². The first-order valence-electron chi connectivity index (χ1n) is 31.0. The van der Waals surface area contributed by atoms with E-state index < -0.39 is 0 Å². The summed E-state index contributed by atoms with van der Waals surface area (Å²) in [6.45, 7) is 48.4. The lowest BCUT2D eigenvalue weighted by Crippen LogP contribution is -2.23. The van der Waals surface area contributed by atoms with E-state index in [9.17, 15) is 8.78 Å². The zero-order valence-corrected chi connectivity index (χ0v) is 58.7. The molecule has 0 heterocycles. The SMILES string of the molecule is C.C.C.C.C.C.C.CC(C)(C)Oc1ccc2ccccc2c1.CC(C)(C)Oc1cccc(F)c1.CC(C)(C)Oc1cccc2ccccc12.CC(C)(C)Oc1ccccc1.Cc1ccc(F)cc1OC(C)(C)C.Cc1ccc(OC(C)(C)C)cc1.Cc1ccc(OC(C)(C)C)cc1. The van der Waals surface area contributed by atoms with Gasteiger partial charge in [-0.05, 0) is 261 Å². The molecule has 0 saturated heterocycles. The monoisotopic (exact) mass is 1340 g/mol. The fourth-order valence-corrected chi connectivity index (χ4v) is 7.86. The van der Waals surface area contributed by atoms with E-state index in [-0.39, 0.29) is 103 Å². The third-order valence-electron chi connectivity index (χ3n) is 11.2. The molecule has 0 saturated carbocycles. The fourth-order valence-electron chi connectivity index (χ4n) is 7.86. The van der Waals surface area contributed by atoms with Crippen LogP contribution < -0.4 is 33.2 Å². The first-order valence-corrected chi connectivity index (χ1v) is 31.0. The Labute approximate surface area is 592 Å². The van der Waals surface area contributed by atoms with Crippen LogP contribution in [-0.4, -0.2) is 39.2 Å². The molecule has 0 unspecified atom stereocenters. The van der Waals surface area contributed by atoms with E-state index in [0.29, 0.717) is 11.5 Å². The Kier molecular flexibility index (Phi) is 44.3. The summed E-state index contributed by atoms with van der Waals surface area (Å²) in [6.07, 6.45) is 0. The van der Waals surface area contributed by atoms with Crippen LogP contribution >= 0.6 is 0 Å². The minimum absolute atomic E-state index is 0. The summed E-state index contributed by atoms with van der Waals surface area (Å²) in [6, 6.07) is 65.7. The molecule has 97 heavy (non-hydrogen) atoms. The molecule has 0 radical (unpaired) electrons. The second-order valence-corrected chi connectivity index (χ2v) is 28.8. The van der Waals surface area contributed by atoms with Crippen molar-refractivity contribution in [2.24, 2.45) is 0 Å². The minimum atomic E-state index is -0.279. The van der Waals surface area contributed by atoms with E-state index in [1.54, 1.807) is 18.2 Å². The number of ether oxygens (including phenoxy) is 7. The summed E-state index contributed by atoms with van der Waals surface area (Å²) >= 11 is 0. The van der Waals surface area contributed by atoms with Gasteiger partial charge in [0.1, 0.15) is 91.1 Å². The number of rotatable bonds is 7. The normalized spacial score (nSPS) is 10.6. The number of fused-ring (bicyclic) bond motifs is 2. The van der Waals surface area contributed by atoms with Gasteiger partial charge in [-0.3, -0.25) is 0 Å². The average molecular weight is 1340 g/mol. The topological polar surface area (TPSA) is 64.6 Å². The van der Waals surface area contributed by atoms with E-state index in [1.807, 2.05) is 208 Å². The van der Waals surface area contributed by atoms with Crippen molar-refractivity contribution in [1.82, 2.24) is 0 Å². The van der Waals surface area contributed by atoms with E-state index in [4.69, 9.17) is 33.2 Å². The van der Waals surface area contributed by atoms with Gasteiger partial charge in [0, 0.05) is 17.5 Å². The molecule has 0 amide bonds. The highest BCUT2D eigenvalue weighted by Gasteiger charge is 2.17. The van der Waals surface area contributed by atoms with Crippen molar-refractivity contribution in [1.29, 1.82) is 0 Å². The molecule has 9 heteroatoms. The molecule has 0 atom stereocenters. The Morgan fingerprint density at radius 1 is 0.227 bits per heavy atom. The Balaban J connectivity index is -0.000000336. The number of hydrogen-bond donors (Lipinski definition) is 0. The van der Waals surface area contributed by atoms with Crippen LogP contribution in [0.2, 0.25) is 0 Å². The predicted octanol–water partition coefficient (Wildman–Crippen LogP) is 28.0. The van der Waals surface area contributed by atoms with Gasteiger partial charge in [-0.15, -0.1) is 0 Å². The number of aryl methyl sites for hydroxylation is 3. The Bertz CT molecular complexity index is 3420. The molecule has 0 bridgehead atoms. The van der Waals surface area contributed by atoms with Gasteiger partial charge in [0.2, 0.25) is 0 Å². The Hall–Kier alpha value is -8.04. The largest absolute Gasteiger partial charge is 0.488 e. The van der Waals surface area contributed by atoms with E-state index in [1.165, 1.54) is 56.9 Å². The molecule has 9 aromatic carbocycles.